The van der Waals surface area contributed by atoms with E-state index in [9.17, 15) is 61.9 Å². The minimum atomic E-state index is -5.01. The molecule has 428 valence electrons. The van der Waals surface area contributed by atoms with E-state index < -0.39 is 130 Å². The van der Waals surface area contributed by atoms with Crippen LogP contribution in [0.2, 0.25) is 5.02 Å². The smallest absolute Gasteiger partial charge is 0.409 e. The van der Waals surface area contributed by atoms with Gasteiger partial charge in [-0.2, -0.15) is 13.5 Å². The maximum atomic E-state index is 14.3. The Hall–Kier alpha value is -7.32. The van der Waals surface area contributed by atoms with Crippen LogP contribution in [0.1, 0.15) is 93.3 Å². The average Bonchev–Trinajstić information content (AvgIpc) is 4.24. The molecule has 3 aromatic carbocycles. The number of allylic oxidation sites excluding steroid dienone is 3. The minimum absolute atomic E-state index is 0.0180. The second-order valence-corrected chi connectivity index (χ2v) is 22.0. The Labute approximate surface area is 466 Å². The van der Waals surface area contributed by atoms with Gasteiger partial charge in [0.15, 0.2) is 12.3 Å². The Bertz CT molecular complexity index is 3170. The number of imide groups is 1. The van der Waals surface area contributed by atoms with Crippen molar-refractivity contribution in [3.05, 3.63) is 118 Å². The van der Waals surface area contributed by atoms with Crippen LogP contribution in [-0.4, -0.2) is 137 Å². The second-order valence-electron chi connectivity index (χ2n) is 20.2. The molecule has 0 spiro atoms. The zero-order valence-corrected chi connectivity index (χ0v) is 46.0. The van der Waals surface area contributed by atoms with Gasteiger partial charge < -0.3 is 44.5 Å². The van der Waals surface area contributed by atoms with Crippen LogP contribution in [0, 0.1) is 11.8 Å². The molecule has 25 heteroatoms. The number of hydrazone groups is 1. The third kappa shape index (κ3) is 14.5. The summed E-state index contributed by atoms with van der Waals surface area (Å²) in [7, 11) is -3.51. The number of anilines is 2. The summed E-state index contributed by atoms with van der Waals surface area (Å²) < 4.78 is 58.6. The van der Waals surface area contributed by atoms with Gasteiger partial charge in [0.25, 0.3) is 27.8 Å². The highest BCUT2D eigenvalue weighted by Gasteiger charge is 2.64. The number of hydrogen-bond acceptors (Lipinski definition) is 17. The molecule has 0 radical (unpaired) electrons. The zero-order chi connectivity index (χ0) is 58.3. The maximum Gasteiger partial charge on any atom is 0.409 e. The Morgan fingerprint density at radius 1 is 1.01 bits per heavy atom. The number of nitrogens with zero attached hydrogens (tertiary/aromatic N) is 3. The fourth-order valence-electron chi connectivity index (χ4n) is 9.71. The number of amides is 6. The fourth-order valence-corrected chi connectivity index (χ4v) is 10.7. The summed E-state index contributed by atoms with van der Waals surface area (Å²) >= 11 is 6.76. The van der Waals surface area contributed by atoms with Gasteiger partial charge in [-0.15, -0.1) is 0 Å². The molecule has 4 bridgehead atoms. The largest absolute Gasteiger partial charge is 0.482 e. The summed E-state index contributed by atoms with van der Waals surface area (Å²) in [5, 5.41) is 41.7. The molecule has 80 heavy (non-hydrogen) atoms. The lowest BCUT2D eigenvalue weighted by molar-refractivity contribution is -0.156. The van der Waals surface area contributed by atoms with Gasteiger partial charge in [-0.05, 0) is 87.6 Å². The summed E-state index contributed by atoms with van der Waals surface area (Å²) in [5.74, 6) is -5.25. The number of benzene rings is 3. The number of fused-ring (bicyclic) bond motifs is 5. The van der Waals surface area contributed by atoms with Crippen molar-refractivity contribution in [1.29, 1.82) is 0 Å². The van der Waals surface area contributed by atoms with E-state index in [-0.39, 0.29) is 47.2 Å². The number of ether oxygens (including phenoxy) is 4. The van der Waals surface area contributed by atoms with Gasteiger partial charge in [-0.3, -0.25) is 38.7 Å². The fraction of sp³-hybridized carbons (Fsp3) is 0.418. The zero-order valence-electron chi connectivity index (χ0n) is 44.5. The average molecular weight is 1150 g/mol. The van der Waals surface area contributed by atoms with Crippen molar-refractivity contribution >= 4 is 80.4 Å². The van der Waals surface area contributed by atoms with E-state index in [1.54, 1.807) is 56.3 Å². The van der Waals surface area contributed by atoms with Crippen molar-refractivity contribution in [2.24, 2.45) is 16.9 Å². The predicted octanol–water partition coefficient (Wildman–Crippen LogP) is 4.65. The highest BCUT2D eigenvalue weighted by molar-refractivity contribution is 7.86. The number of aliphatic hydroxyl groups is 3. The first-order valence-corrected chi connectivity index (χ1v) is 27.4. The highest BCUT2D eigenvalue weighted by Crippen LogP contribution is 2.49. The van der Waals surface area contributed by atoms with Crippen molar-refractivity contribution < 1.29 is 80.8 Å². The van der Waals surface area contributed by atoms with Gasteiger partial charge in [0, 0.05) is 61.7 Å². The molecule has 7 rings (SSSR count). The molecule has 3 aromatic rings. The first-order chi connectivity index (χ1) is 37.8. The molecule has 0 unspecified atom stereocenters. The standard InChI is InChI=1S/C55H63ClN6O17S/c1-31-11-9-13-37(29-64)55(72)27-42(77-53(71)58-55)32(2)51-54(4,79-51)44(26-48(68)61(5)41-23-34(21-31)22-36(28-63)50(41)56)78-49(69)30-76-39-14-10-12-35(24-39)33(3)59-60-52(70)40-17-16-38(25-43(40)80(73,74)75)57-45(65)15-7-6-8-20-62-46(66)18-19-47(62)67/h9-14,16-19,22-25,32,37,42,44,51,63-64,72H,6-8,15,20-21,26-30H2,1-5H3,(H,57,65)(H,58,71)(H,60,70)(H,73,74,75)/b13-9+,31-11+,59-33+/t32-,37+,42+,44+,51+,54+,55+/m1/s1. The molecule has 0 aromatic heterocycles. The van der Waals surface area contributed by atoms with Crippen LogP contribution in [-0.2, 0) is 61.3 Å². The van der Waals surface area contributed by atoms with Crippen LogP contribution >= 0.6 is 11.6 Å². The molecule has 0 saturated carbocycles. The number of unbranched alkanes of at least 4 members (excludes halogenated alkanes) is 2. The number of alkyl carbamates (subject to hydrolysis) is 1. The number of epoxide rings is 1. The van der Waals surface area contributed by atoms with Gasteiger partial charge in [0.05, 0.1) is 47.7 Å². The van der Waals surface area contributed by atoms with Crippen LogP contribution in [0.5, 0.6) is 5.75 Å². The molecule has 7 N–H and O–H groups in total. The molecular weight excluding hydrogens is 1080 g/mol. The summed E-state index contributed by atoms with van der Waals surface area (Å²) in [6, 6.07) is 12.9. The molecule has 6 amide bonds. The van der Waals surface area contributed by atoms with Gasteiger partial charge in [-0.25, -0.2) is 15.0 Å². The quantitative estimate of drug-likeness (QED) is 0.0184. The molecule has 4 aliphatic heterocycles. The number of carbonyl (C=O) groups excluding carboxylic acids is 7. The molecule has 0 aliphatic carbocycles. The van der Waals surface area contributed by atoms with E-state index in [1.165, 1.54) is 49.2 Å². The molecule has 4 heterocycles. The van der Waals surface area contributed by atoms with Crippen molar-refractivity contribution in [3.63, 3.8) is 0 Å². The lowest BCUT2D eigenvalue weighted by Gasteiger charge is -2.42. The monoisotopic (exact) mass is 1150 g/mol. The van der Waals surface area contributed by atoms with E-state index in [0.717, 1.165) is 22.6 Å². The van der Waals surface area contributed by atoms with Gasteiger partial charge in [-0.1, -0.05) is 66.9 Å². The van der Waals surface area contributed by atoms with Crippen molar-refractivity contribution in [3.8, 4) is 5.75 Å². The number of nitrogens with one attached hydrogen (secondary N) is 3. The first kappa shape index (κ1) is 60.3. The number of rotatable bonds is 17. The third-order valence-corrected chi connectivity index (χ3v) is 15.7. The Morgan fingerprint density at radius 2 is 1.75 bits per heavy atom. The highest BCUT2D eigenvalue weighted by atomic mass is 35.5. The lowest BCUT2D eigenvalue weighted by Crippen LogP contribution is -2.62. The summed E-state index contributed by atoms with van der Waals surface area (Å²) in [6.07, 6.45) is 4.53. The first-order valence-electron chi connectivity index (χ1n) is 25.6. The van der Waals surface area contributed by atoms with Gasteiger partial charge in [0.2, 0.25) is 11.8 Å². The van der Waals surface area contributed by atoms with Crippen LogP contribution in [0.4, 0.5) is 16.2 Å². The van der Waals surface area contributed by atoms with Crippen LogP contribution in [0.25, 0.3) is 0 Å². The Balaban J connectivity index is 1.02. The SMILES string of the molecule is C/C1=C\C=C\[C@@H](CO)[C@@]2(O)C[C@H](OC(=O)N2)[C@@H](C)[C@@H]2O[C@@]2(C)[C@@H](OC(=O)COc2cccc(/C(C)=N/NC(=O)c3ccc(NC(=O)CCCCCN4C(=O)C=CC4=O)cc3S(=O)(=O)O)c2)CC(=O)N(C)c2cc(cc(CO)c2Cl)C1. The lowest BCUT2D eigenvalue weighted by atomic mass is 9.81. The van der Waals surface area contributed by atoms with Crippen molar-refractivity contribution in [2.75, 3.05) is 37.0 Å². The van der Waals surface area contributed by atoms with E-state index in [2.05, 4.69) is 21.2 Å². The van der Waals surface area contributed by atoms with E-state index in [0.29, 0.717) is 42.4 Å². The van der Waals surface area contributed by atoms with Crippen molar-refractivity contribution in [1.82, 2.24) is 15.6 Å². The predicted molar refractivity (Wildman–Crippen MR) is 289 cm³/mol. The molecule has 2 fully saturated rings. The van der Waals surface area contributed by atoms with Gasteiger partial charge in [0.1, 0.15) is 28.5 Å². The normalized spacial score (nSPS) is 25.4. The van der Waals surface area contributed by atoms with Crippen LogP contribution in [0.15, 0.2) is 101 Å². The molecule has 23 nitrogen and oxygen atoms in total. The number of carbonyl (C=O) groups is 7. The molecule has 4 aliphatic rings. The van der Waals surface area contributed by atoms with Crippen LogP contribution < -0.4 is 25.7 Å². The maximum absolute atomic E-state index is 14.3. The Morgan fingerprint density at radius 3 is 2.45 bits per heavy atom. The van der Waals surface area contributed by atoms with E-state index in [4.69, 9.17) is 30.5 Å². The van der Waals surface area contributed by atoms with E-state index in [1.807, 2.05) is 6.92 Å². The topological polar surface area (TPSA) is 330 Å². The van der Waals surface area contributed by atoms with Gasteiger partial charge >= 0.3 is 12.1 Å². The summed E-state index contributed by atoms with van der Waals surface area (Å²) in [5.41, 5.74) is 1.18. The molecule has 2 saturated heterocycles. The number of halogens is 1. The Kier molecular flexibility index (Phi) is 19.2. The molecule has 7 atom stereocenters. The van der Waals surface area contributed by atoms with Crippen molar-refractivity contribution in [2.45, 2.75) is 114 Å². The number of aliphatic hydroxyl groups excluding tert-OH is 2. The summed E-state index contributed by atoms with van der Waals surface area (Å²) in [4.78, 5) is 92.1. The van der Waals surface area contributed by atoms with Crippen LogP contribution in [0.3, 0.4) is 0 Å². The molecular formula is C55H63ClN6O17S. The third-order valence-electron chi connectivity index (χ3n) is 14.3. The summed E-state index contributed by atoms with van der Waals surface area (Å²) in [6.45, 7) is 5.26. The van der Waals surface area contributed by atoms with E-state index >= 15 is 0 Å². The second kappa shape index (κ2) is 25.4. The number of esters is 1. The number of hydrogen-bond donors (Lipinski definition) is 7. The minimum Gasteiger partial charge on any atom is -0.482 e.